The van der Waals surface area contributed by atoms with Crippen molar-refractivity contribution in [2.45, 2.75) is 40.0 Å². The standard InChI is InChI=1S/C11H22N4.ClH/c1-9(2)5-4-6-10(3)7-8-14-15-11(12)13;/h5,8,10H,4,6-7H2,1-3H3,(H4,12,13,15);1H/b14-8-;. The molecule has 0 aliphatic carbocycles. The van der Waals surface area contributed by atoms with Crippen LogP contribution in [0.15, 0.2) is 21.9 Å². The molecule has 0 aromatic rings. The number of hydrogen-bond acceptors (Lipinski definition) is 2. The molecule has 0 heterocycles. The van der Waals surface area contributed by atoms with Crippen molar-refractivity contribution >= 4 is 24.6 Å². The zero-order chi connectivity index (χ0) is 11.7. The molecule has 0 bridgehead atoms. The van der Waals surface area contributed by atoms with Gasteiger partial charge in [-0.05, 0) is 39.0 Å². The van der Waals surface area contributed by atoms with Gasteiger partial charge in [-0.3, -0.25) is 0 Å². The van der Waals surface area contributed by atoms with E-state index in [1.807, 2.05) is 0 Å². The van der Waals surface area contributed by atoms with Gasteiger partial charge in [-0.1, -0.05) is 18.6 Å². The number of halogens is 1. The summed E-state index contributed by atoms with van der Waals surface area (Å²) in [6, 6.07) is 0. The summed E-state index contributed by atoms with van der Waals surface area (Å²) in [6.07, 6.45) is 7.21. The largest absolute Gasteiger partial charge is 0.369 e. The molecular weight excluding hydrogens is 224 g/mol. The third-order valence-electron chi connectivity index (χ3n) is 1.97. The summed E-state index contributed by atoms with van der Waals surface area (Å²) in [7, 11) is 0. The summed E-state index contributed by atoms with van der Waals surface area (Å²) in [5, 5.41) is 7.29. The third kappa shape index (κ3) is 13.0. The van der Waals surface area contributed by atoms with Crippen molar-refractivity contribution in [3.8, 4) is 0 Å². The van der Waals surface area contributed by atoms with Crippen LogP contribution >= 0.6 is 12.4 Å². The molecule has 1 unspecified atom stereocenters. The fourth-order valence-corrected chi connectivity index (χ4v) is 1.11. The van der Waals surface area contributed by atoms with Gasteiger partial charge in [0.05, 0.1) is 0 Å². The van der Waals surface area contributed by atoms with Crippen molar-refractivity contribution in [1.82, 2.24) is 0 Å². The maximum Gasteiger partial charge on any atom is 0.211 e. The number of nitrogens with two attached hydrogens (primary N) is 2. The molecule has 94 valence electrons. The van der Waals surface area contributed by atoms with Crippen LogP contribution in [-0.4, -0.2) is 12.2 Å². The van der Waals surface area contributed by atoms with Crippen LogP contribution in [0.5, 0.6) is 0 Å². The van der Waals surface area contributed by atoms with Gasteiger partial charge in [-0.25, -0.2) is 0 Å². The summed E-state index contributed by atoms with van der Waals surface area (Å²) in [6.45, 7) is 6.43. The average molecular weight is 247 g/mol. The van der Waals surface area contributed by atoms with E-state index in [1.54, 1.807) is 6.21 Å². The Morgan fingerprint density at radius 2 is 1.94 bits per heavy atom. The molecule has 5 heteroatoms. The van der Waals surface area contributed by atoms with Crippen molar-refractivity contribution in [1.29, 1.82) is 0 Å². The molecule has 0 aromatic heterocycles. The van der Waals surface area contributed by atoms with Gasteiger partial charge in [-0.15, -0.1) is 17.5 Å². The molecule has 4 N–H and O–H groups in total. The maximum atomic E-state index is 5.13. The van der Waals surface area contributed by atoms with Crippen molar-refractivity contribution in [2.75, 3.05) is 0 Å². The summed E-state index contributed by atoms with van der Waals surface area (Å²) in [5.41, 5.74) is 11.6. The van der Waals surface area contributed by atoms with Crippen LogP contribution in [0.2, 0.25) is 0 Å². The summed E-state index contributed by atoms with van der Waals surface area (Å²) >= 11 is 0. The molecule has 0 radical (unpaired) electrons. The molecule has 0 spiro atoms. The van der Waals surface area contributed by atoms with Gasteiger partial charge >= 0.3 is 0 Å². The molecule has 0 aromatic carbocycles. The van der Waals surface area contributed by atoms with E-state index >= 15 is 0 Å². The fourth-order valence-electron chi connectivity index (χ4n) is 1.11. The lowest BCUT2D eigenvalue weighted by Crippen LogP contribution is -2.21. The number of hydrogen-bond donors (Lipinski definition) is 2. The summed E-state index contributed by atoms with van der Waals surface area (Å²) < 4.78 is 0. The van der Waals surface area contributed by atoms with Crippen LogP contribution in [-0.2, 0) is 0 Å². The molecule has 0 amide bonds. The number of nitrogens with zero attached hydrogens (tertiary/aromatic N) is 2. The molecule has 0 saturated heterocycles. The lowest BCUT2D eigenvalue weighted by atomic mass is 10.0. The molecule has 1 atom stereocenters. The molecular formula is C11H23ClN4. The molecule has 16 heavy (non-hydrogen) atoms. The second kappa shape index (κ2) is 10.5. The van der Waals surface area contributed by atoms with Gasteiger partial charge in [0, 0.05) is 6.21 Å². The minimum atomic E-state index is 0. The minimum Gasteiger partial charge on any atom is -0.369 e. The molecule has 0 saturated carbocycles. The lowest BCUT2D eigenvalue weighted by molar-refractivity contribution is 0.562. The zero-order valence-corrected chi connectivity index (χ0v) is 11.1. The van der Waals surface area contributed by atoms with Crippen LogP contribution < -0.4 is 11.5 Å². The highest BCUT2D eigenvalue weighted by atomic mass is 35.5. The predicted octanol–water partition coefficient (Wildman–Crippen LogP) is 2.44. The smallest absolute Gasteiger partial charge is 0.211 e. The Bertz CT molecular complexity index is 251. The minimum absolute atomic E-state index is 0. The van der Waals surface area contributed by atoms with Crippen LogP contribution in [0.1, 0.15) is 40.0 Å². The average Bonchev–Trinajstić information content (AvgIpc) is 2.11. The Kier molecular flexibility index (Phi) is 11.4. The second-order valence-corrected chi connectivity index (χ2v) is 4.02. The first-order chi connectivity index (χ1) is 7.02. The quantitative estimate of drug-likeness (QED) is 0.327. The summed E-state index contributed by atoms with van der Waals surface area (Å²) in [4.78, 5) is 0. The normalized spacial score (nSPS) is 11.7. The second-order valence-electron chi connectivity index (χ2n) is 4.02. The van der Waals surface area contributed by atoms with Crippen LogP contribution in [0.25, 0.3) is 0 Å². The van der Waals surface area contributed by atoms with Gasteiger partial charge in [-0.2, -0.15) is 5.10 Å². The topological polar surface area (TPSA) is 76.8 Å². The van der Waals surface area contributed by atoms with Gasteiger partial charge in [0.15, 0.2) is 0 Å². The Balaban J connectivity index is 0. The van der Waals surface area contributed by atoms with E-state index in [-0.39, 0.29) is 18.4 Å². The van der Waals surface area contributed by atoms with Crippen molar-refractivity contribution in [3.63, 3.8) is 0 Å². The zero-order valence-electron chi connectivity index (χ0n) is 10.3. The van der Waals surface area contributed by atoms with Crippen molar-refractivity contribution < 1.29 is 0 Å². The Morgan fingerprint density at radius 1 is 1.31 bits per heavy atom. The lowest BCUT2D eigenvalue weighted by Gasteiger charge is -2.05. The Hall–Kier alpha value is -1.03. The first kappa shape index (κ1) is 17.4. The highest BCUT2D eigenvalue weighted by Gasteiger charge is 1.97. The summed E-state index contributed by atoms with van der Waals surface area (Å²) in [5.74, 6) is 0.613. The van der Waals surface area contributed by atoms with Gasteiger partial charge < -0.3 is 11.5 Å². The van der Waals surface area contributed by atoms with Crippen molar-refractivity contribution in [3.05, 3.63) is 11.6 Å². The highest BCUT2D eigenvalue weighted by Crippen LogP contribution is 2.10. The SMILES string of the molecule is CC(C)=CCCC(C)C/C=N\N=C(N)N.Cl. The van der Waals surface area contributed by atoms with Gasteiger partial charge in [0.1, 0.15) is 0 Å². The maximum absolute atomic E-state index is 5.13. The number of rotatable bonds is 6. The van der Waals surface area contributed by atoms with E-state index in [1.165, 1.54) is 12.0 Å². The highest BCUT2D eigenvalue weighted by molar-refractivity contribution is 5.85. The molecule has 0 fully saturated rings. The van der Waals surface area contributed by atoms with E-state index in [2.05, 4.69) is 37.1 Å². The monoisotopic (exact) mass is 246 g/mol. The Morgan fingerprint density at radius 3 is 2.44 bits per heavy atom. The third-order valence-corrected chi connectivity index (χ3v) is 1.97. The van der Waals surface area contributed by atoms with E-state index < -0.39 is 0 Å². The molecule has 4 nitrogen and oxygen atoms in total. The first-order valence-corrected chi connectivity index (χ1v) is 5.26. The predicted molar refractivity (Wildman–Crippen MR) is 74.0 cm³/mol. The molecule has 0 aliphatic heterocycles. The van der Waals surface area contributed by atoms with E-state index in [0.717, 1.165) is 12.8 Å². The molecule has 0 aliphatic rings. The van der Waals surface area contributed by atoms with E-state index in [9.17, 15) is 0 Å². The van der Waals surface area contributed by atoms with Crippen LogP contribution in [0.4, 0.5) is 0 Å². The van der Waals surface area contributed by atoms with Gasteiger partial charge in [0.25, 0.3) is 0 Å². The molecule has 0 rings (SSSR count). The Labute approximate surface area is 104 Å². The number of guanidine groups is 1. The van der Waals surface area contributed by atoms with Crippen molar-refractivity contribution in [2.24, 2.45) is 27.6 Å². The van der Waals surface area contributed by atoms with Crippen LogP contribution in [0, 0.1) is 5.92 Å². The van der Waals surface area contributed by atoms with E-state index in [4.69, 9.17) is 11.5 Å². The first-order valence-electron chi connectivity index (χ1n) is 5.26. The van der Waals surface area contributed by atoms with Crippen LogP contribution in [0.3, 0.4) is 0 Å². The van der Waals surface area contributed by atoms with E-state index in [0.29, 0.717) is 5.92 Å². The fraction of sp³-hybridized carbons (Fsp3) is 0.636. The van der Waals surface area contributed by atoms with Gasteiger partial charge in [0.2, 0.25) is 5.96 Å². The number of allylic oxidation sites excluding steroid dienone is 2.